The molecule has 0 saturated heterocycles. The molecule has 0 aromatic carbocycles. The van der Waals surface area contributed by atoms with Gasteiger partial charge in [0.05, 0.1) is 18.4 Å². The number of halogens is 2. The second-order valence-corrected chi connectivity index (χ2v) is 3.57. The molecule has 0 amide bonds. The fourth-order valence-corrected chi connectivity index (χ4v) is 1.42. The zero-order valence-electron chi connectivity index (χ0n) is 9.27. The van der Waals surface area contributed by atoms with Crippen LogP contribution in [0.5, 0.6) is 0 Å². The van der Waals surface area contributed by atoms with E-state index in [9.17, 15) is 8.78 Å². The molecule has 17 heavy (non-hydrogen) atoms. The first-order chi connectivity index (χ1) is 8.19. The van der Waals surface area contributed by atoms with E-state index in [1.54, 1.807) is 24.0 Å². The van der Waals surface area contributed by atoms with Gasteiger partial charge in [-0.3, -0.25) is 9.67 Å². The molecule has 0 saturated carbocycles. The molecule has 0 atom stereocenters. The summed E-state index contributed by atoms with van der Waals surface area (Å²) in [6.07, 6.45) is 2.45. The van der Waals surface area contributed by atoms with Crippen molar-refractivity contribution in [3.63, 3.8) is 0 Å². The summed E-state index contributed by atoms with van der Waals surface area (Å²) >= 11 is 0. The van der Waals surface area contributed by atoms with Crippen LogP contribution in [0.25, 0.3) is 0 Å². The number of hydrogen-bond acceptors (Lipinski definition) is 3. The number of nitrogens with zero attached hydrogens (tertiary/aromatic N) is 3. The van der Waals surface area contributed by atoms with Crippen LogP contribution >= 0.6 is 0 Å². The first kappa shape index (κ1) is 11.5. The lowest BCUT2D eigenvalue weighted by molar-refractivity contribution is 0.146. The number of anilines is 1. The predicted octanol–water partition coefficient (Wildman–Crippen LogP) is 2.31. The molecular weight excluding hydrogens is 226 g/mol. The average molecular weight is 238 g/mol. The second kappa shape index (κ2) is 4.90. The highest BCUT2D eigenvalue weighted by Gasteiger charge is 2.07. The predicted molar refractivity (Wildman–Crippen MR) is 60.1 cm³/mol. The van der Waals surface area contributed by atoms with Crippen molar-refractivity contribution in [2.75, 3.05) is 12.4 Å². The van der Waals surface area contributed by atoms with Crippen molar-refractivity contribution in [3.05, 3.63) is 42.0 Å². The Bertz CT molecular complexity index is 478. The largest absolute Gasteiger partial charge is 0.386 e. The van der Waals surface area contributed by atoms with Gasteiger partial charge in [0.25, 0.3) is 6.43 Å². The molecular formula is C11H12F2N4. The Morgan fingerprint density at radius 3 is 2.71 bits per heavy atom. The highest BCUT2D eigenvalue weighted by Crippen LogP contribution is 2.16. The minimum Gasteiger partial charge on any atom is -0.386 e. The van der Waals surface area contributed by atoms with Gasteiger partial charge in [-0.1, -0.05) is 6.07 Å². The Morgan fingerprint density at radius 1 is 1.35 bits per heavy atom. The molecule has 0 aliphatic rings. The lowest BCUT2D eigenvalue weighted by Gasteiger charge is -2.03. The van der Waals surface area contributed by atoms with E-state index >= 15 is 0 Å². The van der Waals surface area contributed by atoms with E-state index in [0.29, 0.717) is 6.54 Å². The Morgan fingerprint density at radius 2 is 2.18 bits per heavy atom. The zero-order chi connectivity index (χ0) is 12.3. The van der Waals surface area contributed by atoms with E-state index in [-0.39, 0.29) is 5.69 Å². The topological polar surface area (TPSA) is 42.7 Å². The first-order valence-electron chi connectivity index (χ1n) is 5.12. The van der Waals surface area contributed by atoms with Gasteiger partial charge in [0.1, 0.15) is 5.69 Å². The molecule has 4 nitrogen and oxygen atoms in total. The lowest BCUT2D eigenvalue weighted by Crippen LogP contribution is -2.01. The Kier molecular flexibility index (Phi) is 3.32. The highest BCUT2D eigenvalue weighted by molar-refractivity contribution is 5.37. The standard InChI is InChI=1S/C11H12F2N4/c1-14-9-5-16-17(7-9)6-8-2-3-10(11(12)13)15-4-8/h2-5,7,11,14H,6H2,1H3. The van der Waals surface area contributed by atoms with Gasteiger partial charge in [0.15, 0.2) is 0 Å². The van der Waals surface area contributed by atoms with Crippen molar-refractivity contribution in [3.8, 4) is 0 Å². The van der Waals surface area contributed by atoms with Crippen molar-refractivity contribution in [2.24, 2.45) is 0 Å². The Labute approximate surface area is 97.3 Å². The maximum Gasteiger partial charge on any atom is 0.280 e. The minimum absolute atomic E-state index is 0.204. The monoisotopic (exact) mass is 238 g/mol. The van der Waals surface area contributed by atoms with Crippen LogP contribution in [0.3, 0.4) is 0 Å². The maximum atomic E-state index is 12.3. The molecule has 6 heteroatoms. The van der Waals surface area contributed by atoms with Crippen molar-refractivity contribution in [1.82, 2.24) is 14.8 Å². The molecule has 90 valence electrons. The van der Waals surface area contributed by atoms with E-state index in [2.05, 4.69) is 15.4 Å². The number of nitrogens with one attached hydrogen (secondary N) is 1. The van der Waals surface area contributed by atoms with Crippen LogP contribution in [0, 0.1) is 0 Å². The summed E-state index contributed by atoms with van der Waals surface area (Å²) in [5, 5.41) is 7.08. The van der Waals surface area contributed by atoms with E-state index in [4.69, 9.17) is 0 Å². The van der Waals surface area contributed by atoms with Crippen molar-refractivity contribution in [1.29, 1.82) is 0 Å². The SMILES string of the molecule is CNc1cnn(Cc2ccc(C(F)F)nc2)c1. The van der Waals surface area contributed by atoms with Crippen LogP contribution in [0.2, 0.25) is 0 Å². The summed E-state index contributed by atoms with van der Waals surface area (Å²) in [5.74, 6) is 0. The molecule has 2 rings (SSSR count). The van der Waals surface area contributed by atoms with Crippen molar-refractivity contribution < 1.29 is 8.78 Å². The third-order valence-electron chi connectivity index (χ3n) is 2.34. The summed E-state index contributed by atoms with van der Waals surface area (Å²) in [6.45, 7) is 0.512. The Balaban J connectivity index is 2.08. The van der Waals surface area contributed by atoms with Crippen LogP contribution in [0.4, 0.5) is 14.5 Å². The minimum atomic E-state index is -2.52. The van der Waals surface area contributed by atoms with E-state index in [1.807, 2.05) is 6.20 Å². The van der Waals surface area contributed by atoms with Gasteiger partial charge < -0.3 is 5.32 Å². The van der Waals surface area contributed by atoms with E-state index in [0.717, 1.165) is 11.3 Å². The van der Waals surface area contributed by atoms with Crippen molar-refractivity contribution >= 4 is 5.69 Å². The van der Waals surface area contributed by atoms with Gasteiger partial charge in [-0.25, -0.2) is 8.78 Å². The van der Waals surface area contributed by atoms with Gasteiger partial charge in [-0.15, -0.1) is 0 Å². The van der Waals surface area contributed by atoms with E-state index in [1.165, 1.54) is 12.3 Å². The van der Waals surface area contributed by atoms with Gasteiger partial charge in [0, 0.05) is 19.4 Å². The summed E-state index contributed by atoms with van der Waals surface area (Å²) in [6, 6.07) is 2.97. The van der Waals surface area contributed by atoms with Gasteiger partial charge >= 0.3 is 0 Å². The zero-order valence-corrected chi connectivity index (χ0v) is 9.27. The molecule has 1 N–H and O–H groups in total. The third-order valence-corrected chi connectivity index (χ3v) is 2.34. The lowest BCUT2D eigenvalue weighted by atomic mass is 10.2. The van der Waals surface area contributed by atoms with Gasteiger partial charge in [0.2, 0.25) is 0 Å². The number of rotatable bonds is 4. The quantitative estimate of drug-likeness (QED) is 0.888. The second-order valence-electron chi connectivity index (χ2n) is 3.57. The van der Waals surface area contributed by atoms with Crippen LogP contribution in [0.15, 0.2) is 30.7 Å². The molecule has 0 radical (unpaired) electrons. The van der Waals surface area contributed by atoms with Crippen LogP contribution in [-0.4, -0.2) is 21.8 Å². The fraction of sp³-hybridized carbons (Fsp3) is 0.273. The molecule has 0 aliphatic carbocycles. The Hall–Kier alpha value is -1.98. The molecule has 0 aliphatic heterocycles. The van der Waals surface area contributed by atoms with Crippen molar-refractivity contribution in [2.45, 2.75) is 13.0 Å². The molecule has 0 unspecified atom stereocenters. The highest BCUT2D eigenvalue weighted by atomic mass is 19.3. The van der Waals surface area contributed by atoms with Crippen LogP contribution in [0.1, 0.15) is 17.7 Å². The molecule has 2 heterocycles. The molecule has 0 spiro atoms. The molecule has 2 aromatic heterocycles. The number of aromatic nitrogens is 3. The van der Waals surface area contributed by atoms with Crippen LogP contribution in [-0.2, 0) is 6.54 Å². The first-order valence-corrected chi connectivity index (χ1v) is 5.12. The smallest absolute Gasteiger partial charge is 0.280 e. The molecule has 0 fully saturated rings. The molecule has 0 bridgehead atoms. The maximum absolute atomic E-state index is 12.3. The van der Waals surface area contributed by atoms with E-state index < -0.39 is 6.43 Å². The normalized spacial score (nSPS) is 10.8. The number of pyridine rings is 1. The summed E-state index contributed by atoms with van der Waals surface area (Å²) in [7, 11) is 1.81. The van der Waals surface area contributed by atoms with Crippen LogP contribution < -0.4 is 5.32 Å². The van der Waals surface area contributed by atoms with Gasteiger partial charge in [-0.2, -0.15) is 5.10 Å². The summed E-state index contributed by atoms with van der Waals surface area (Å²) in [5.41, 5.74) is 1.53. The fourth-order valence-electron chi connectivity index (χ4n) is 1.42. The third kappa shape index (κ3) is 2.77. The summed E-state index contributed by atoms with van der Waals surface area (Å²) < 4.78 is 26.3. The average Bonchev–Trinajstić information content (AvgIpc) is 2.77. The molecule has 2 aromatic rings. The number of hydrogen-bond donors (Lipinski definition) is 1. The summed E-state index contributed by atoms with van der Waals surface area (Å²) in [4.78, 5) is 3.69. The number of alkyl halides is 2. The van der Waals surface area contributed by atoms with Gasteiger partial charge in [-0.05, 0) is 11.6 Å².